The van der Waals surface area contributed by atoms with Crippen LogP contribution in [0.15, 0.2) is 47.5 Å². The highest BCUT2D eigenvalue weighted by atomic mass is 31.2. The summed E-state index contributed by atoms with van der Waals surface area (Å²) in [5.74, 6) is 0.0766. The lowest BCUT2D eigenvalue weighted by Gasteiger charge is -2.33. The molecule has 0 spiro atoms. The SMILES string of the molecule is CC1=NC(CCc2ccc(OCCCc3cccc([N+](=O)[O-])c3)c(C(F)(F)F)c2)(COP(=O)(OC(C)(C)C)OC(C)(C)C)CO1. The van der Waals surface area contributed by atoms with E-state index in [-0.39, 0.29) is 44.1 Å². The van der Waals surface area contributed by atoms with E-state index < -0.39 is 41.2 Å². The van der Waals surface area contributed by atoms with E-state index in [1.54, 1.807) is 66.7 Å². The minimum Gasteiger partial charge on any atom is -0.493 e. The molecular formula is C31H42F3N2O8P. The number of ether oxygens (including phenoxy) is 2. The summed E-state index contributed by atoms with van der Waals surface area (Å²) in [5, 5.41) is 11.0. The van der Waals surface area contributed by atoms with Crippen molar-refractivity contribution in [3.63, 3.8) is 0 Å². The van der Waals surface area contributed by atoms with Crippen molar-refractivity contribution in [2.24, 2.45) is 4.99 Å². The topological polar surface area (TPSA) is 119 Å². The van der Waals surface area contributed by atoms with Gasteiger partial charge in [0, 0.05) is 19.1 Å². The zero-order chi connectivity index (χ0) is 33.7. The highest BCUT2D eigenvalue weighted by Gasteiger charge is 2.43. The lowest BCUT2D eigenvalue weighted by molar-refractivity contribution is -0.384. The van der Waals surface area contributed by atoms with Crippen molar-refractivity contribution in [3.05, 3.63) is 69.3 Å². The van der Waals surface area contributed by atoms with Crippen LogP contribution in [0.5, 0.6) is 5.75 Å². The third kappa shape index (κ3) is 11.7. The van der Waals surface area contributed by atoms with Gasteiger partial charge in [-0.3, -0.25) is 23.7 Å². The van der Waals surface area contributed by atoms with Crippen LogP contribution in [0.25, 0.3) is 0 Å². The molecule has 0 saturated carbocycles. The molecule has 0 aromatic heterocycles. The van der Waals surface area contributed by atoms with Crippen molar-refractivity contribution in [1.29, 1.82) is 0 Å². The average molecular weight is 659 g/mol. The number of phosphoric ester groups is 1. The molecule has 0 fully saturated rings. The number of non-ortho nitro benzene ring substituents is 1. The Balaban J connectivity index is 1.71. The van der Waals surface area contributed by atoms with Crippen molar-refractivity contribution < 1.29 is 45.7 Å². The summed E-state index contributed by atoms with van der Waals surface area (Å²) in [4.78, 5) is 15.0. The maximum absolute atomic E-state index is 14.0. The number of benzene rings is 2. The number of aryl methyl sites for hydroxylation is 2. The molecule has 0 radical (unpaired) electrons. The minimum atomic E-state index is -4.67. The number of rotatable bonds is 14. The maximum atomic E-state index is 14.0. The fourth-order valence-corrected chi connectivity index (χ4v) is 6.48. The Bertz CT molecular complexity index is 1400. The van der Waals surface area contributed by atoms with Gasteiger partial charge in [0.05, 0.1) is 34.9 Å². The zero-order valence-corrected chi connectivity index (χ0v) is 27.6. The largest absolute Gasteiger partial charge is 0.493 e. The lowest BCUT2D eigenvalue weighted by Crippen LogP contribution is -2.36. The van der Waals surface area contributed by atoms with Gasteiger partial charge < -0.3 is 9.47 Å². The second-order valence-corrected chi connectivity index (χ2v) is 14.5. The van der Waals surface area contributed by atoms with Gasteiger partial charge in [0.2, 0.25) is 0 Å². The Kier molecular flexibility index (Phi) is 11.5. The Morgan fingerprint density at radius 3 is 2.20 bits per heavy atom. The van der Waals surface area contributed by atoms with E-state index in [4.69, 9.17) is 23.0 Å². The molecule has 0 bridgehead atoms. The van der Waals surface area contributed by atoms with Crippen LogP contribution >= 0.6 is 7.82 Å². The van der Waals surface area contributed by atoms with E-state index in [1.165, 1.54) is 18.2 Å². The van der Waals surface area contributed by atoms with E-state index in [1.807, 2.05) is 0 Å². The molecule has 0 saturated heterocycles. The molecule has 1 aliphatic rings. The van der Waals surface area contributed by atoms with Gasteiger partial charge in [-0.25, -0.2) is 9.56 Å². The fourth-order valence-electron chi connectivity index (χ4n) is 4.59. The molecule has 1 aliphatic heterocycles. The first-order valence-corrected chi connectivity index (χ1v) is 16.1. The maximum Gasteiger partial charge on any atom is 0.475 e. The van der Waals surface area contributed by atoms with Gasteiger partial charge in [0.25, 0.3) is 5.69 Å². The standard InChI is InChI=1S/C31H42F3N2O8P/c1-22-35-30(20-41-22,21-42-45(39,43-28(2,3)4)44-29(5,6)7)16-15-24-13-14-27(26(19-24)31(32,33)34)40-17-9-11-23-10-8-12-25(18-23)36(37)38/h8,10,12-14,18-19H,9,11,15-17,20-21H2,1-7H3. The van der Waals surface area contributed by atoms with Gasteiger partial charge in [0.15, 0.2) is 5.90 Å². The number of hydrogen-bond donors (Lipinski definition) is 0. The molecule has 3 rings (SSSR count). The molecule has 45 heavy (non-hydrogen) atoms. The predicted octanol–water partition coefficient (Wildman–Crippen LogP) is 8.50. The van der Waals surface area contributed by atoms with Crippen LogP contribution in [0.1, 0.15) is 78.0 Å². The van der Waals surface area contributed by atoms with E-state index in [9.17, 15) is 27.9 Å². The summed E-state index contributed by atoms with van der Waals surface area (Å²) in [6.07, 6.45) is -3.48. The van der Waals surface area contributed by atoms with Gasteiger partial charge in [-0.1, -0.05) is 18.2 Å². The molecule has 250 valence electrons. The Labute approximate surface area is 262 Å². The fraction of sp³-hybridized carbons (Fsp3) is 0.581. The van der Waals surface area contributed by atoms with Crippen molar-refractivity contribution in [2.75, 3.05) is 19.8 Å². The first-order chi connectivity index (χ1) is 20.7. The van der Waals surface area contributed by atoms with Crippen LogP contribution in [0.4, 0.5) is 18.9 Å². The first kappa shape index (κ1) is 36.5. The number of aliphatic imine (C=N–C) groups is 1. The number of halogens is 3. The van der Waals surface area contributed by atoms with Crippen LogP contribution in [0.3, 0.4) is 0 Å². The van der Waals surface area contributed by atoms with Gasteiger partial charge in [-0.2, -0.15) is 13.2 Å². The normalized spacial score (nSPS) is 17.6. The van der Waals surface area contributed by atoms with Crippen LogP contribution < -0.4 is 4.74 Å². The highest BCUT2D eigenvalue weighted by Crippen LogP contribution is 2.56. The molecule has 0 amide bonds. The van der Waals surface area contributed by atoms with E-state index in [2.05, 4.69) is 4.99 Å². The summed E-state index contributed by atoms with van der Waals surface area (Å²) in [5.41, 5.74) is -2.60. The summed E-state index contributed by atoms with van der Waals surface area (Å²) in [6.45, 7) is 11.8. The summed E-state index contributed by atoms with van der Waals surface area (Å²) in [6, 6.07) is 9.98. The number of phosphoric acid groups is 1. The highest BCUT2D eigenvalue weighted by molar-refractivity contribution is 7.48. The number of alkyl halides is 3. The van der Waals surface area contributed by atoms with Crippen molar-refractivity contribution >= 4 is 19.4 Å². The molecule has 1 atom stereocenters. The Morgan fingerprint density at radius 1 is 1.00 bits per heavy atom. The number of nitro groups is 1. The van der Waals surface area contributed by atoms with Gasteiger partial charge in [0.1, 0.15) is 17.9 Å². The number of hydrogen-bond acceptors (Lipinski definition) is 9. The average Bonchev–Trinajstić information content (AvgIpc) is 3.27. The second-order valence-electron chi connectivity index (χ2n) is 13.0. The quantitative estimate of drug-likeness (QED) is 0.0858. The molecule has 0 N–H and O–H groups in total. The third-order valence-electron chi connectivity index (χ3n) is 6.42. The van der Waals surface area contributed by atoms with Crippen molar-refractivity contribution in [1.82, 2.24) is 0 Å². The molecule has 0 aliphatic carbocycles. The summed E-state index contributed by atoms with van der Waals surface area (Å²) >= 11 is 0. The van der Waals surface area contributed by atoms with E-state index in [0.717, 1.165) is 6.07 Å². The van der Waals surface area contributed by atoms with Crippen molar-refractivity contribution in [3.8, 4) is 5.75 Å². The van der Waals surface area contributed by atoms with Crippen LogP contribution in [-0.4, -0.2) is 47.4 Å². The number of nitro benzene ring substituents is 1. The summed E-state index contributed by atoms with van der Waals surface area (Å²) < 4.78 is 84.0. The van der Waals surface area contributed by atoms with Gasteiger partial charge >= 0.3 is 14.0 Å². The molecule has 10 nitrogen and oxygen atoms in total. The van der Waals surface area contributed by atoms with Gasteiger partial charge in [-0.15, -0.1) is 0 Å². The Hall–Kier alpha value is -2.99. The number of nitrogens with zero attached hydrogens (tertiary/aromatic N) is 2. The summed E-state index contributed by atoms with van der Waals surface area (Å²) in [7, 11) is -4.07. The molecule has 2 aromatic rings. The monoisotopic (exact) mass is 658 g/mol. The molecule has 1 heterocycles. The lowest BCUT2D eigenvalue weighted by atomic mass is 9.93. The van der Waals surface area contributed by atoms with Crippen molar-refractivity contribution in [2.45, 2.75) is 97.1 Å². The second kappa shape index (κ2) is 14.2. The molecular weight excluding hydrogens is 616 g/mol. The van der Waals surface area contributed by atoms with Crippen LogP contribution in [0.2, 0.25) is 0 Å². The third-order valence-corrected chi connectivity index (χ3v) is 8.41. The smallest absolute Gasteiger partial charge is 0.475 e. The zero-order valence-electron chi connectivity index (χ0n) is 26.7. The molecule has 14 heteroatoms. The molecule has 1 unspecified atom stereocenters. The van der Waals surface area contributed by atoms with E-state index in [0.29, 0.717) is 29.9 Å². The van der Waals surface area contributed by atoms with Crippen LogP contribution in [0, 0.1) is 10.1 Å². The van der Waals surface area contributed by atoms with Crippen LogP contribution in [-0.2, 0) is 41.9 Å². The van der Waals surface area contributed by atoms with Gasteiger partial charge in [-0.05, 0) is 90.5 Å². The Morgan fingerprint density at radius 2 is 1.64 bits per heavy atom. The first-order valence-electron chi connectivity index (χ1n) is 14.6. The predicted molar refractivity (Wildman–Crippen MR) is 164 cm³/mol. The minimum absolute atomic E-state index is 0.00969. The van der Waals surface area contributed by atoms with E-state index >= 15 is 0 Å². The molecule has 2 aromatic carbocycles.